The van der Waals surface area contributed by atoms with Crippen LogP contribution >= 0.6 is 0 Å². The number of ether oxygens (including phenoxy) is 1. The van der Waals surface area contributed by atoms with Gasteiger partial charge in [-0.1, -0.05) is 6.07 Å². The fourth-order valence-corrected chi connectivity index (χ4v) is 1.32. The molecule has 0 aliphatic carbocycles. The largest absolute Gasteiger partial charge is 0.573 e. The zero-order valence-corrected chi connectivity index (χ0v) is 9.47. The molecule has 3 nitrogen and oxygen atoms in total. The van der Waals surface area contributed by atoms with Crippen LogP contribution in [-0.4, -0.2) is 23.7 Å². The SMILES string of the molecule is N[C@@H](c1ccc(OC(F)(F)F)c(F)c1)[C@H](O)C(F)(F)F. The second-order valence-corrected chi connectivity index (χ2v) is 3.75. The van der Waals surface area contributed by atoms with Gasteiger partial charge in [0.1, 0.15) is 0 Å². The Bertz CT molecular complexity index is 472. The number of alkyl halides is 6. The number of aliphatic hydroxyl groups excluding tert-OH is 1. The maximum atomic E-state index is 13.3. The molecule has 0 unspecified atom stereocenters. The summed E-state index contributed by atoms with van der Waals surface area (Å²) in [5.41, 5.74) is 4.55. The Kier molecular flexibility index (Phi) is 4.49. The highest BCUT2D eigenvalue weighted by molar-refractivity contribution is 5.31. The highest BCUT2D eigenvalue weighted by atomic mass is 19.4. The summed E-state index contributed by atoms with van der Waals surface area (Å²) in [4.78, 5) is 0. The quantitative estimate of drug-likeness (QED) is 0.844. The van der Waals surface area contributed by atoms with Crippen LogP contribution < -0.4 is 10.5 Å². The van der Waals surface area contributed by atoms with Crippen LogP contribution in [0.3, 0.4) is 0 Å². The highest BCUT2D eigenvalue weighted by Crippen LogP contribution is 2.31. The summed E-state index contributed by atoms with van der Waals surface area (Å²) in [6.45, 7) is 0. The van der Waals surface area contributed by atoms with E-state index in [-0.39, 0.29) is 0 Å². The Morgan fingerprint density at radius 3 is 2.05 bits per heavy atom. The molecule has 2 atom stereocenters. The molecule has 0 fully saturated rings. The van der Waals surface area contributed by atoms with Crippen LogP contribution in [0.25, 0.3) is 0 Å². The van der Waals surface area contributed by atoms with Crippen molar-refractivity contribution in [1.29, 1.82) is 0 Å². The number of hydrogen-bond donors (Lipinski definition) is 2. The number of hydrogen-bond acceptors (Lipinski definition) is 3. The third-order valence-electron chi connectivity index (χ3n) is 2.24. The predicted molar refractivity (Wildman–Crippen MR) is 52.1 cm³/mol. The summed E-state index contributed by atoms with van der Waals surface area (Å²) in [5, 5.41) is 8.87. The molecule has 114 valence electrons. The lowest BCUT2D eigenvalue weighted by molar-refractivity contribution is -0.275. The summed E-state index contributed by atoms with van der Waals surface area (Å²) in [6, 6.07) is -0.532. The number of rotatable bonds is 3. The van der Waals surface area contributed by atoms with Crippen molar-refractivity contribution in [3.63, 3.8) is 0 Å². The average molecular weight is 307 g/mol. The summed E-state index contributed by atoms with van der Waals surface area (Å²) in [6.07, 6.45) is -13.2. The number of nitrogens with two attached hydrogens (primary N) is 1. The first-order chi connectivity index (χ1) is 8.92. The van der Waals surface area contributed by atoms with Crippen LogP contribution in [0, 0.1) is 5.82 Å². The van der Waals surface area contributed by atoms with E-state index in [2.05, 4.69) is 4.74 Å². The molecule has 1 rings (SSSR count). The lowest BCUT2D eigenvalue weighted by Gasteiger charge is -2.22. The third kappa shape index (κ3) is 4.23. The number of benzene rings is 1. The van der Waals surface area contributed by atoms with Crippen molar-refractivity contribution in [2.75, 3.05) is 0 Å². The van der Waals surface area contributed by atoms with Crippen molar-refractivity contribution >= 4 is 0 Å². The molecule has 0 saturated heterocycles. The molecule has 0 aliphatic heterocycles. The summed E-state index contributed by atoms with van der Waals surface area (Å²) in [7, 11) is 0. The van der Waals surface area contributed by atoms with E-state index in [0.29, 0.717) is 18.2 Å². The third-order valence-corrected chi connectivity index (χ3v) is 2.24. The first-order valence-corrected chi connectivity index (χ1v) is 4.97. The molecule has 10 heteroatoms. The molecule has 0 aliphatic rings. The van der Waals surface area contributed by atoms with Crippen LogP contribution in [0.15, 0.2) is 18.2 Å². The van der Waals surface area contributed by atoms with Gasteiger partial charge in [-0.2, -0.15) is 13.2 Å². The van der Waals surface area contributed by atoms with Crippen LogP contribution in [0.1, 0.15) is 11.6 Å². The van der Waals surface area contributed by atoms with E-state index in [0.717, 1.165) is 0 Å². The Hall–Kier alpha value is -1.55. The maximum absolute atomic E-state index is 13.3. The Morgan fingerprint density at radius 1 is 1.10 bits per heavy atom. The van der Waals surface area contributed by atoms with E-state index in [9.17, 15) is 30.7 Å². The average Bonchev–Trinajstić information content (AvgIpc) is 2.27. The monoisotopic (exact) mass is 307 g/mol. The van der Waals surface area contributed by atoms with Crippen molar-refractivity contribution in [2.45, 2.75) is 24.7 Å². The molecule has 0 spiro atoms. The zero-order chi connectivity index (χ0) is 15.7. The second-order valence-electron chi connectivity index (χ2n) is 3.75. The first kappa shape index (κ1) is 16.5. The summed E-state index contributed by atoms with van der Waals surface area (Å²) >= 11 is 0. The van der Waals surface area contributed by atoms with Gasteiger partial charge in [-0.25, -0.2) is 4.39 Å². The molecule has 0 amide bonds. The smallest absolute Gasteiger partial charge is 0.403 e. The Morgan fingerprint density at radius 2 is 1.65 bits per heavy atom. The molecule has 0 radical (unpaired) electrons. The minimum atomic E-state index is -5.14. The van der Waals surface area contributed by atoms with Gasteiger partial charge in [0.05, 0.1) is 6.04 Å². The molecular formula is C10H8F7NO2. The fraction of sp³-hybridized carbons (Fsp3) is 0.400. The van der Waals surface area contributed by atoms with Gasteiger partial charge >= 0.3 is 12.5 Å². The molecule has 20 heavy (non-hydrogen) atoms. The van der Waals surface area contributed by atoms with Gasteiger partial charge in [-0.15, -0.1) is 13.2 Å². The van der Waals surface area contributed by atoms with E-state index in [4.69, 9.17) is 10.8 Å². The molecule has 0 bridgehead atoms. The normalized spacial score (nSPS) is 15.8. The second kappa shape index (κ2) is 5.44. The topological polar surface area (TPSA) is 55.5 Å². The minimum Gasteiger partial charge on any atom is -0.403 e. The number of aliphatic hydroxyl groups is 1. The van der Waals surface area contributed by atoms with Crippen molar-refractivity contribution < 1.29 is 40.6 Å². The van der Waals surface area contributed by atoms with Gasteiger partial charge in [-0.3, -0.25) is 0 Å². The lowest BCUT2D eigenvalue weighted by Crippen LogP contribution is -2.38. The number of halogens is 7. The summed E-state index contributed by atoms with van der Waals surface area (Å²) in [5.74, 6) is -2.76. The van der Waals surface area contributed by atoms with Gasteiger partial charge < -0.3 is 15.6 Å². The van der Waals surface area contributed by atoms with Crippen LogP contribution in [0.4, 0.5) is 30.7 Å². The molecule has 0 aromatic heterocycles. The van der Waals surface area contributed by atoms with E-state index < -0.39 is 41.8 Å². The van der Waals surface area contributed by atoms with Gasteiger partial charge in [0.25, 0.3) is 0 Å². The van der Waals surface area contributed by atoms with E-state index >= 15 is 0 Å². The summed E-state index contributed by atoms with van der Waals surface area (Å²) < 4.78 is 88.7. The van der Waals surface area contributed by atoms with Crippen LogP contribution in [0.5, 0.6) is 5.75 Å². The Labute approximate surface area is 107 Å². The molecule has 0 heterocycles. The van der Waals surface area contributed by atoms with Crippen molar-refractivity contribution in [2.24, 2.45) is 5.73 Å². The van der Waals surface area contributed by atoms with E-state index in [1.165, 1.54) is 0 Å². The van der Waals surface area contributed by atoms with Gasteiger partial charge in [0.15, 0.2) is 17.7 Å². The Balaban J connectivity index is 2.98. The molecular weight excluding hydrogens is 299 g/mol. The first-order valence-electron chi connectivity index (χ1n) is 4.97. The molecule has 3 N–H and O–H groups in total. The van der Waals surface area contributed by atoms with Crippen molar-refractivity contribution in [1.82, 2.24) is 0 Å². The van der Waals surface area contributed by atoms with Crippen LogP contribution in [0.2, 0.25) is 0 Å². The fourth-order valence-electron chi connectivity index (χ4n) is 1.32. The molecule has 1 aromatic rings. The lowest BCUT2D eigenvalue weighted by atomic mass is 10.0. The highest BCUT2D eigenvalue weighted by Gasteiger charge is 2.43. The maximum Gasteiger partial charge on any atom is 0.573 e. The zero-order valence-electron chi connectivity index (χ0n) is 9.47. The molecule has 1 aromatic carbocycles. The molecule has 0 saturated carbocycles. The van der Waals surface area contributed by atoms with Gasteiger partial charge in [0.2, 0.25) is 0 Å². The van der Waals surface area contributed by atoms with E-state index in [1.54, 1.807) is 0 Å². The predicted octanol–water partition coefficient (Wildman–Crippen LogP) is 2.65. The minimum absolute atomic E-state index is 0.334. The van der Waals surface area contributed by atoms with Gasteiger partial charge in [0, 0.05) is 0 Å². The van der Waals surface area contributed by atoms with Gasteiger partial charge in [-0.05, 0) is 17.7 Å². The standard InChI is InChI=1S/C10H8F7NO2/c11-5-3-4(7(18)8(19)9(12,13)14)1-2-6(5)20-10(15,16)17/h1-3,7-8,19H,18H2/t7-,8-/m0/s1. The van der Waals surface area contributed by atoms with E-state index in [1.807, 2.05) is 0 Å². The van der Waals surface area contributed by atoms with Crippen molar-refractivity contribution in [3.05, 3.63) is 29.6 Å². The van der Waals surface area contributed by atoms with Crippen molar-refractivity contribution in [3.8, 4) is 5.75 Å². The van der Waals surface area contributed by atoms with Crippen LogP contribution in [-0.2, 0) is 0 Å².